The number of rotatable bonds is 5. The van der Waals surface area contributed by atoms with E-state index in [0.717, 1.165) is 24.8 Å². The van der Waals surface area contributed by atoms with Crippen molar-refractivity contribution in [2.75, 3.05) is 40.3 Å². The number of aliphatic imine (C=N–C) groups is 1. The van der Waals surface area contributed by atoms with Crippen LogP contribution in [0.4, 0.5) is 0 Å². The van der Waals surface area contributed by atoms with Crippen LogP contribution in [0.2, 0.25) is 0 Å². The fourth-order valence-corrected chi connectivity index (χ4v) is 5.77. The van der Waals surface area contributed by atoms with Crippen molar-refractivity contribution in [1.29, 1.82) is 0 Å². The highest BCUT2D eigenvalue weighted by atomic mass is 127. The molecule has 1 N–H and O–H groups in total. The van der Waals surface area contributed by atoms with E-state index >= 15 is 0 Å². The van der Waals surface area contributed by atoms with Gasteiger partial charge in [0.25, 0.3) is 0 Å². The van der Waals surface area contributed by atoms with Gasteiger partial charge in [-0.05, 0) is 36.5 Å². The second-order valence-corrected chi connectivity index (χ2v) is 9.96. The molecule has 8 nitrogen and oxygen atoms in total. The lowest BCUT2D eigenvalue weighted by molar-refractivity contribution is -0.145. The van der Waals surface area contributed by atoms with E-state index in [1.54, 1.807) is 29.6 Å². The molecule has 0 bridgehead atoms. The lowest BCUT2D eigenvalue weighted by Gasteiger charge is -2.26. The quantitative estimate of drug-likeness (QED) is 0.256. The van der Waals surface area contributed by atoms with E-state index < -0.39 is 10.0 Å². The fraction of sp³-hybridized carbons (Fsp3) is 0.619. The maximum Gasteiger partial charge on any atom is 0.310 e. The van der Waals surface area contributed by atoms with E-state index in [2.05, 4.69) is 10.3 Å². The first kappa shape index (κ1) is 25.9. The third-order valence-corrected chi connectivity index (χ3v) is 7.82. The van der Waals surface area contributed by atoms with Gasteiger partial charge in [0.15, 0.2) is 5.96 Å². The maximum absolute atomic E-state index is 12.9. The lowest BCUT2D eigenvalue weighted by Crippen LogP contribution is -2.40. The Morgan fingerprint density at radius 3 is 2.58 bits per heavy atom. The number of carbonyl (C=O) groups is 1. The predicted octanol–water partition coefficient (Wildman–Crippen LogP) is 2.30. The molecular weight excluding hydrogens is 531 g/mol. The van der Waals surface area contributed by atoms with Crippen LogP contribution in [0.15, 0.2) is 34.2 Å². The van der Waals surface area contributed by atoms with Crippen molar-refractivity contribution in [3.05, 3.63) is 29.8 Å². The molecule has 2 heterocycles. The molecule has 10 heteroatoms. The molecule has 2 fully saturated rings. The minimum absolute atomic E-state index is 0. The molecular formula is C21H33IN4O4S. The Hall–Kier alpha value is -1.40. The number of benzene rings is 1. The molecule has 3 rings (SSSR count). The van der Waals surface area contributed by atoms with Crippen LogP contribution in [0, 0.1) is 11.8 Å². The molecule has 0 amide bonds. The van der Waals surface area contributed by atoms with Gasteiger partial charge in [0.05, 0.1) is 17.9 Å². The number of halogens is 1. The number of hydrogen-bond acceptors (Lipinski definition) is 5. The smallest absolute Gasteiger partial charge is 0.310 e. The van der Waals surface area contributed by atoms with E-state index in [4.69, 9.17) is 4.74 Å². The third kappa shape index (κ3) is 6.10. The van der Waals surface area contributed by atoms with E-state index in [-0.39, 0.29) is 41.8 Å². The standard InChI is InChI=1S/C21H32N4O4S.HI/c1-16-14-24(15-19(16)20(26)29-3)21(22-2)23-13-17-8-7-9-18(12-17)30(27,28)25-10-5-4-6-11-25;/h7-9,12,16,19H,4-6,10-11,13-15H2,1-3H3,(H,22,23);1H. The van der Waals surface area contributed by atoms with Gasteiger partial charge in [-0.15, -0.1) is 24.0 Å². The van der Waals surface area contributed by atoms with Crippen LogP contribution in [0.1, 0.15) is 31.7 Å². The Bertz CT molecular complexity index is 887. The number of nitrogens with one attached hydrogen (secondary N) is 1. The Balaban J connectivity index is 0.00000341. The zero-order chi connectivity index (χ0) is 21.7. The number of sulfonamides is 1. The van der Waals surface area contributed by atoms with E-state index in [1.165, 1.54) is 7.11 Å². The molecule has 1 aromatic carbocycles. The zero-order valence-corrected chi connectivity index (χ0v) is 21.6. The number of likely N-dealkylation sites (tertiary alicyclic amines) is 1. The Kier molecular flexibility index (Phi) is 9.56. The van der Waals surface area contributed by atoms with Gasteiger partial charge < -0.3 is 15.0 Å². The minimum Gasteiger partial charge on any atom is -0.469 e. The Labute approximate surface area is 202 Å². The fourth-order valence-electron chi connectivity index (χ4n) is 4.18. The predicted molar refractivity (Wildman–Crippen MR) is 131 cm³/mol. The van der Waals surface area contributed by atoms with Crippen LogP contribution in [0.3, 0.4) is 0 Å². The van der Waals surface area contributed by atoms with Gasteiger partial charge in [-0.3, -0.25) is 9.79 Å². The minimum atomic E-state index is -3.46. The molecule has 2 atom stereocenters. The number of carbonyl (C=O) groups excluding carboxylic acids is 1. The molecule has 0 radical (unpaired) electrons. The average Bonchev–Trinajstić information content (AvgIpc) is 3.16. The van der Waals surface area contributed by atoms with Gasteiger partial charge in [0, 0.05) is 39.8 Å². The number of methoxy groups -OCH3 is 1. The second kappa shape index (κ2) is 11.5. The summed E-state index contributed by atoms with van der Waals surface area (Å²) in [6.07, 6.45) is 2.91. The molecule has 174 valence electrons. The SMILES string of the molecule is CN=C(NCc1cccc(S(=O)(=O)N2CCCCC2)c1)N1CC(C)C(C(=O)OC)C1.I. The molecule has 2 unspecified atom stereocenters. The van der Waals surface area contributed by atoms with Crippen molar-refractivity contribution >= 4 is 45.9 Å². The highest BCUT2D eigenvalue weighted by molar-refractivity contribution is 14.0. The van der Waals surface area contributed by atoms with E-state index in [1.807, 2.05) is 17.9 Å². The van der Waals surface area contributed by atoms with Crippen molar-refractivity contribution in [2.45, 2.75) is 37.6 Å². The van der Waals surface area contributed by atoms with Crippen molar-refractivity contribution in [3.63, 3.8) is 0 Å². The van der Waals surface area contributed by atoms with Crippen molar-refractivity contribution < 1.29 is 17.9 Å². The van der Waals surface area contributed by atoms with Gasteiger partial charge in [0.2, 0.25) is 10.0 Å². The molecule has 0 aliphatic carbocycles. The third-order valence-electron chi connectivity index (χ3n) is 5.93. The van der Waals surface area contributed by atoms with E-state index in [0.29, 0.717) is 43.6 Å². The number of esters is 1. The number of piperidine rings is 1. The van der Waals surface area contributed by atoms with Crippen LogP contribution in [-0.4, -0.2) is 69.9 Å². The summed E-state index contributed by atoms with van der Waals surface area (Å²) in [7, 11) is -0.341. The topological polar surface area (TPSA) is 91.3 Å². The van der Waals surface area contributed by atoms with Gasteiger partial charge >= 0.3 is 5.97 Å². The number of nitrogens with zero attached hydrogens (tertiary/aromatic N) is 3. The van der Waals surface area contributed by atoms with Gasteiger partial charge in [0.1, 0.15) is 0 Å². The normalized spacial score (nSPS) is 22.7. The first-order valence-corrected chi connectivity index (χ1v) is 11.9. The Morgan fingerprint density at radius 1 is 1.23 bits per heavy atom. The molecule has 2 aliphatic heterocycles. The summed E-state index contributed by atoms with van der Waals surface area (Å²) >= 11 is 0. The molecule has 0 aromatic heterocycles. The average molecular weight is 564 g/mol. The second-order valence-electron chi connectivity index (χ2n) is 8.02. The number of guanidine groups is 1. The highest BCUT2D eigenvalue weighted by Crippen LogP contribution is 2.24. The summed E-state index contributed by atoms with van der Waals surface area (Å²) in [5.41, 5.74) is 0.867. The largest absolute Gasteiger partial charge is 0.469 e. The van der Waals surface area contributed by atoms with Crippen molar-refractivity contribution in [2.24, 2.45) is 16.8 Å². The monoisotopic (exact) mass is 564 g/mol. The van der Waals surface area contributed by atoms with Crippen LogP contribution < -0.4 is 5.32 Å². The summed E-state index contributed by atoms with van der Waals surface area (Å²) in [4.78, 5) is 18.7. The number of hydrogen-bond donors (Lipinski definition) is 1. The zero-order valence-electron chi connectivity index (χ0n) is 18.4. The maximum atomic E-state index is 12.9. The first-order valence-electron chi connectivity index (χ1n) is 10.5. The molecule has 1 aromatic rings. The summed E-state index contributed by atoms with van der Waals surface area (Å²) in [6, 6.07) is 7.07. The van der Waals surface area contributed by atoms with Crippen LogP contribution in [0.5, 0.6) is 0 Å². The molecule has 0 saturated carbocycles. The summed E-state index contributed by atoms with van der Waals surface area (Å²) in [5.74, 6) is 0.495. The van der Waals surface area contributed by atoms with Crippen molar-refractivity contribution in [3.8, 4) is 0 Å². The molecule has 0 spiro atoms. The van der Waals surface area contributed by atoms with Gasteiger partial charge in [-0.1, -0.05) is 25.5 Å². The van der Waals surface area contributed by atoms with Crippen molar-refractivity contribution in [1.82, 2.24) is 14.5 Å². The Morgan fingerprint density at radius 2 is 1.94 bits per heavy atom. The van der Waals surface area contributed by atoms with Crippen LogP contribution in [-0.2, 0) is 26.1 Å². The highest BCUT2D eigenvalue weighted by Gasteiger charge is 2.36. The van der Waals surface area contributed by atoms with Crippen LogP contribution >= 0.6 is 24.0 Å². The first-order chi connectivity index (χ1) is 14.4. The van der Waals surface area contributed by atoms with Gasteiger partial charge in [-0.25, -0.2) is 8.42 Å². The lowest BCUT2D eigenvalue weighted by atomic mass is 9.99. The summed E-state index contributed by atoms with van der Waals surface area (Å²) in [5, 5.41) is 3.30. The summed E-state index contributed by atoms with van der Waals surface area (Å²) < 4.78 is 32.4. The van der Waals surface area contributed by atoms with Gasteiger partial charge in [-0.2, -0.15) is 4.31 Å². The molecule has 2 saturated heterocycles. The molecule has 31 heavy (non-hydrogen) atoms. The van der Waals surface area contributed by atoms with E-state index in [9.17, 15) is 13.2 Å². The number of ether oxygens (including phenoxy) is 1. The molecule has 2 aliphatic rings. The van der Waals surface area contributed by atoms with Crippen LogP contribution in [0.25, 0.3) is 0 Å². The summed E-state index contributed by atoms with van der Waals surface area (Å²) in [6.45, 7) is 4.92.